The number of benzene rings is 3. The third-order valence-corrected chi connectivity index (χ3v) is 3.37. The molecule has 0 unspecified atom stereocenters. The Balaban J connectivity index is 1.88. The van der Waals surface area contributed by atoms with E-state index in [2.05, 4.69) is 5.32 Å². The summed E-state index contributed by atoms with van der Waals surface area (Å²) in [4.78, 5) is 0. The zero-order valence-electron chi connectivity index (χ0n) is 11.1. The number of anilines is 1. The number of rotatable bonds is 3. The molecule has 106 valence electrons. The summed E-state index contributed by atoms with van der Waals surface area (Å²) in [6, 6.07) is 14.6. The second-order valence-electron chi connectivity index (χ2n) is 4.78. The lowest BCUT2D eigenvalue weighted by Gasteiger charge is -2.11. The van der Waals surface area contributed by atoms with E-state index in [1.165, 1.54) is 12.1 Å². The number of fused-ring (bicyclic) bond motifs is 1. The maximum absolute atomic E-state index is 13.2. The summed E-state index contributed by atoms with van der Waals surface area (Å²) in [7, 11) is 0. The highest BCUT2D eigenvalue weighted by Crippen LogP contribution is 2.30. The molecule has 0 saturated heterocycles. The van der Waals surface area contributed by atoms with Gasteiger partial charge in [-0.05, 0) is 29.8 Å². The molecule has 0 aliphatic carbocycles. The van der Waals surface area contributed by atoms with Crippen LogP contribution < -0.4 is 5.32 Å². The van der Waals surface area contributed by atoms with Crippen molar-refractivity contribution in [3.8, 4) is 5.75 Å². The Labute approximate surface area is 120 Å². The minimum absolute atomic E-state index is 0.212. The van der Waals surface area contributed by atoms with Gasteiger partial charge in [-0.25, -0.2) is 8.78 Å². The van der Waals surface area contributed by atoms with Crippen LogP contribution in [0.15, 0.2) is 54.6 Å². The maximum atomic E-state index is 13.2. The Hall–Kier alpha value is -2.62. The van der Waals surface area contributed by atoms with E-state index in [9.17, 15) is 13.9 Å². The van der Waals surface area contributed by atoms with Crippen LogP contribution in [-0.4, -0.2) is 5.11 Å². The van der Waals surface area contributed by atoms with Gasteiger partial charge in [0.2, 0.25) is 0 Å². The predicted molar refractivity (Wildman–Crippen MR) is 79.3 cm³/mol. The molecule has 0 atom stereocenters. The molecule has 3 aromatic rings. The molecule has 0 fully saturated rings. The number of halogens is 2. The zero-order chi connectivity index (χ0) is 14.8. The van der Waals surface area contributed by atoms with Crippen LogP contribution in [0, 0.1) is 11.6 Å². The van der Waals surface area contributed by atoms with Crippen LogP contribution in [0.4, 0.5) is 14.5 Å². The first kappa shape index (κ1) is 13.4. The fraction of sp³-hybridized carbons (Fsp3) is 0.0588. The molecular weight excluding hydrogens is 272 g/mol. The second-order valence-corrected chi connectivity index (χ2v) is 4.78. The van der Waals surface area contributed by atoms with E-state index >= 15 is 0 Å². The molecule has 0 aliphatic heterocycles. The van der Waals surface area contributed by atoms with Gasteiger partial charge in [0, 0.05) is 23.0 Å². The fourth-order valence-electron chi connectivity index (χ4n) is 2.29. The van der Waals surface area contributed by atoms with Crippen molar-refractivity contribution >= 4 is 16.5 Å². The van der Waals surface area contributed by atoms with Gasteiger partial charge in [0.05, 0.1) is 0 Å². The van der Waals surface area contributed by atoms with Crippen molar-refractivity contribution in [2.24, 2.45) is 0 Å². The van der Waals surface area contributed by atoms with E-state index < -0.39 is 11.6 Å². The van der Waals surface area contributed by atoms with Crippen LogP contribution >= 0.6 is 0 Å². The first-order valence-electron chi connectivity index (χ1n) is 6.53. The molecule has 0 aliphatic rings. The van der Waals surface area contributed by atoms with Gasteiger partial charge >= 0.3 is 0 Å². The van der Waals surface area contributed by atoms with E-state index in [-0.39, 0.29) is 5.75 Å². The lowest BCUT2D eigenvalue weighted by molar-refractivity contribution is 0.481. The van der Waals surface area contributed by atoms with Gasteiger partial charge in [-0.15, -0.1) is 0 Å². The van der Waals surface area contributed by atoms with Crippen LogP contribution in [0.25, 0.3) is 10.8 Å². The molecule has 2 nitrogen and oxygen atoms in total. The SMILES string of the molecule is Oc1cccc2c(NCc3ccc(F)c(F)c3)cccc12. The van der Waals surface area contributed by atoms with Gasteiger partial charge in [-0.2, -0.15) is 0 Å². The average molecular weight is 285 g/mol. The van der Waals surface area contributed by atoms with Crippen molar-refractivity contribution in [3.63, 3.8) is 0 Å². The van der Waals surface area contributed by atoms with E-state index in [0.717, 1.165) is 22.5 Å². The summed E-state index contributed by atoms with van der Waals surface area (Å²) in [5.41, 5.74) is 1.47. The minimum atomic E-state index is -0.857. The summed E-state index contributed by atoms with van der Waals surface area (Å²) in [6.07, 6.45) is 0. The molecule has 0 saturated carbocycles. The molecule has 0 aromatic heterocycles. The minimum Gasteiger partial charge on any atom is -0.507 e. The van der Waals surface area contributed by atoms with Crippen LogP contribution in [0.5, 0.6) is 5.75 Å². The Kier molecular flexibility index (Phi) is 3.44. The summed E-state index contributed by atoms with van der Waals surface area (Å²) < 4.78 is 26.1. The highest BCUT2D eigenvalue weighted by molar-refractivity contribution is 5.97. The van der Waals surface area contributed by atoms with Crippen molar-refractivity contribution in [2.75, 3.05) is 5.32 Å². The van der Waals surface area contributed by atoms with E-state index in [4.69, 9.17) is 0 Å². The standard InChI is InChI=1S/C17H13F2NO/c18-14-8-7-11(9-15(14)19)10-20-16-5-1-4-13-12(16)3-2-6-17(13)21/h1-9,20-21H,10H2. The van der Waals surface area contributed by atoms with Gasteiger partial charge in [-0.1, -0.05) is 30.3 Å². The molecule has 3 aromatic carbocycles. The lowest BCUT2D eigenvalue weighted by Crippen LogP contribution is -2.01. The third kappa shape index (κ3) is 2.65. The van der Waals surface area contributed by atoms with Crippen molar-refractivity contribution in [1.82, 2.24) is 0 Å². The summed E-state index contributed by atoms with van der Waals surface area (Å²) in [6.45, 7) is 0.367. The number of phenols is 1. The molecule has 0 bridgehead atoms. The van der Waals surface area contributed by atoms with Gasteiger partial charge in [0.25, 0.3) is 0 Å². The Morgan fingerprint density at radius 3 is 2.43 bits per heavy atom. The van der Waals surface area contributed by atoms with E-state index in [0.29, 0.717) is 12.1 Å². The molecular formula is C17H13F2NO. The molecule has 0 radical (unpaired) electrons. The van der Waals surface area contributed by atoms with Gasteiger partial charge in [0.15, 0.2) is 11.6 Å². The van der Waals surface area contributed by atoms with Crippen LogP contribution in [0.3, 0.4) is 0 Å². The highest BCUT2D eigenvalue weighted by Gasteiger charge is 2.05. The molecule has 0 amide bonds. The van der Waals surface area contributed by atoms with Gasteiger partial charge in [0.1, 0.15) is 5.75 Å². The Morgan fingerprint density at radius 2 is 1.62 bits per heavy atom. The monoisotopic (exact) mass is 285 g/mol. The summed E-state index contributed by atoms with van der Waals surface area (Å²) in [5, 5.41) is 14.6. The topological polar surface area (TPSA) is 32.3 Å². The molecule has 0 heterocycles. The van der Waals surface area contributed by atoms with Crippen LogP contribution in [0.1, 0.15) is 5.56 Å². The summed E-state index contributed by atoms with van der Waals surface area (Å²) >= 11 is 0. The van der Waals surface area contributed by atoms with Crippen molar-refractivity contribution < 1.29 is 13.9 Å². The first-order valence-corrected chi connectivity index (χ1v) is 6.53. The molecule has 3 rings (SSSR count). The number of nitrogens with one attached hydrogen (secondary N) is 1. The van der Waals surface area contributed by atoms with Gasteiger partial charge in [-0.3, -0.25) is 0 Å². The van der Waals surface area contributed by atoms with Gasteiger partial charge < -0.3 is 10.4 Å². The van der Waals surface area contributed by atoms with E-state index in [1.807, 2.05) is 24.3 Å². The average Bonchev–Trinajstić information content (AvgIpc) is 2.49. The number of phenolic OH excluding ortho intramolecular Hbond substituents is 1. The molecule has 21 heavy (non-hydrogen) atoms. The Morgan fingerprint density at radius 1 is 0.857 bits per heavy atom. The van der Waals surface area contributed by atoms with E-state index in [1.54, 1.807) is 12.1 Å². The molecule has 2 N–H and O–H groups in total. The number of hydrogen-bond donors (Lipinski definition) is 2. The quantitative estimate of drug-likeness (QED) is 0.746. The lowest BCUT2D eigenvalue weighted by atomic mass is 10.1. The third-order valence-electron chi connectivity index (χ3n) is 3.37. The van der Waals surface area contributed by atoms with Crippen molar-refractivity contribution in [3.05, 3.63) is 71.8 Å². The zero-order valence-corrected chi connectivity index (χ0v) is 11.1. The molecule has 4 heteroatoms. The smallest absolute Gasteiger partial charge is 0.159 e. The molecule has 0 spiro atoms. The van der Waals surface area contributed by atoms with Crippen LogP contribution in [-0.2, 0) is 6.54 Å². The highest BCUT2D eigenvalue weighted by atomic mass is 19.2. The first-order chi connectivity index (χ1) is 10.1. The maximum Gasteiger partial charge on any atom is 0.159 e. The number of aromatic hydroxyl groups is 1. The van der Waals surface area contributed by atoms with Crippen LogP contribution in [0.2, 0.25) is 0 Å². The fourth-order valence-corrected chi connectivity index (χ4v) is 2.29. The predicted octanol–water partition coefficient (Wildman–Crippen LogP) is 4.44. The Bertz CT molecular complexity index is 802. The van der Waals surface area contributed by atoms with Crippen molar-refractivity contribution in [2.45, 2.75) is 6.54 Å². The van der Waals surface area contributed by atoms with Crippen molar-refractivity contribution in [1.29, 1.82) is 0 Å². The summed E-state index contributed by atoms with van der Waals surface area (Å²) in [5.74, 6) is -1.50. The largest absolute Gasteiger partial charge is 0.507 e. The second kappa shape index (κ2) is 5.40. The number of hydrogen-bond acceptors (Lipinski definition) is 2. The normalized spacial score (nSPS) is 10.8.